The summed E-state index contributed by atoms with van der Waals surface area (Å²) in [5.74, 6) is 1.08. The van der Waals surface area contributed by atoms with E-state index in [1.807, 2.05) is 18.2 Å². The highest BCUT2D eigenvalue weighted by atomic mass is 16.5. The molecule has 1 heterocycles. The lowest BCUT2D eigenvalue weighted by Gasteiger charge is -2.39. The minimum atomic E-state index is -0.152. The van der Waals surface area contributed by atoms with Crippen molar-refractivity contribution < 1.29 is 9.32 Å². The number of nitrogens with one attached hydrogen (secondary N) is 1. The van der Waals surface area contributed by atoms with E-state index in [0.29, 0.717) is 17.4 Å². The molecule has 2 aromatic carbocycles. The molecule has 4 nitrogen and oxygen atoms in total. The monoisotopic (exact) mass is 362 g/mol. The molecule has 4 rings (SSSR count). The minimum absolute atomic E-state index is 0.152. The van der Waals surface area contributed by atoms with Crippen LogP contribution in [0.3, 0.4) is 0 Å². The van der Waals surface area contributed by atoms with Crippen molar-refractivity contribution in [3.05, 3.63) is 54.2 Å². The number of amides is 1. The third-order valence-corrected chi connectivity index (χ3v) is 5.50. The summed E-state index contributed by atoms with van der Waals surface area (Å²) in [5.41, 5.74) is 1.53. The topological polar surface area (TPSA) is 55.1 Å². The van der Waals surface area contributed by atoms with Crippen LogP contribution in [0.1, 0.15) is 50.5 Å². The molecule has 1 aliphatic carbocycles. The Morgan fingerprint density at radius 1 is 1.11 bits per heavy atom. The number of carbonyl (C=O) groups excluding carboxylic acids is 1. The largest absolute Gasteiger partial charge is 0.355 e. The Labute approximate surface area is 159 Å². The zero-order valence-electron chi connectivity index (χ0n) is 16.2. The van der Waals surface area contributed by atoms with Gasteiger partial charge in [-0.1, -0.05) is 62.3 Å². The van der Waals surface area contributed by atoms with E-state index >= 15 is 0 Å². The highest BCUT2D eigenvalue weighted by Gasteiger charge is 2.33. The van der Waals surface area contributed by atoms with Crippen LogP contribution in [0.25, 0.3) is 22.1 Å². The van der Waals surface area contributed by atoms with Gasteiger partial charge in [0.25, 0.3) is 5.91 Å². The third kappa shape index (κ3) is 3.90. The number of nitrogens with zero attached hydrogens (tertiary/aromatic N) is 1. The van der Waals surface area contributed by atoms with Crippen LogP contribution < -0.4 is 5.32 Å². The predicted octanol–water partition coefficient (Wildman–Crippen LogP) is 5.44. The summed E-state index contributed by atoms with van der Waals surface area (Å²) in [4.78, 5) is 12.7. The number of benzene rings is 2. The van der Waals surface area contributed by atoms with Crippen LogP contribution in [0.4, 0.5) is 0 Å². The number of hydrogen-bond donors (Lipinski definition) is 1. The van der Waals surface area contributed by atoms with E-state index in [2.05, 4.69) is 55.5 Å². The normalized spacial score (nSPS) is 21.9. The van der Waals surface area contributed by atoms with Crippen LogP contribution in [0.2, 0.25) is 0 Å². The second kappa shape index (κ2) is 6.84. The second-order valence-electron chi connectivity index (χ2n) is 8.72. The summed E-state index contributed by atoms with van der Waals surface area (Å²) in [6.07, 6.45) is 3.22. The lowest BCUT2D eigenvalue weighted by molar-refractivity contribution is 0.0865. The Balaban J connectivity index is 1.50. The first kappa shape index (κ1) is 17.8. The maximum absolute atomic E-state index is 12.7. The number of hydrogen-bond acceptors (Lipinski definition) is 3. The molecule has 0 aliphatic heterocycles. The molecular formula is C23H26N2O2. The Kier molecular flexibility index (Phi) is 4.50. The van der Waals surface area contributed by atoms with Gasteiger partial charge in [0.1, 0.15) is 0 Å². The standard InChI is InChI=1S/C23H26N2O2/c1-15-10-19(14-23(2,3)13-15)24-22(26)20-12-21(27-25-20)18-9-8-16-6-4-5-7-17(16)11-18/h4-9,11-12,15,19H,10,13-14H2,1-3H3,(H,24,26)/t15-,19-/m1/s1. The Morgan fingerprint density at radius 3 is 2.67 bits per heavy atom. The van der Waals surface area contributed by atoms with E-state index in [1.54, 1.807) is 6.07 Å². The highest BCUT2D eigenvalue weighted by Crippen LogP contribution is 2.38. The van der Waals surface area contributed by atoms with Gasteiger partial charge in [0.05, 0.1) is 0 Å². The molecule has 1 saturated carbocycles. The van der Waals surface area contributed by atoms with E-state index < -0.39 is 0 Å². The molecule has 1 aromatic heterocycles. The molecule has 0 unspecified atom stereocenters. The molecule has 1 fully saturated rings. The average molecular weight is 362 g/mol. The molecule has 2 atom stereocenters. The smallest absolute Gasteiger partial charge is 0.273 e. The Morgan fingerprint density at radius 2 is 1.89 bits per heavy atom. The molecule has 27 heavy (non-hydrogen) atoms. The molecule has 140 valence electrons. The maximum atomic E-state index is 12.7. The molecule has 4 heteroatoms. The summed E-state index contributed by atoms with van der Waals surface area (Å²) in [7, 11) is 0. The molecule has 0 bridgehead atoms. The first-order chi connectivity index (χ1) is 12.9. The van der Waals surface area contributed by atoms with E-state index in [9.17, 15) is 4.79 Å². The van der Waals surface area contributed by atoms with Gasteiger partial charge < -0.3 is 9.84 Å². The van der Waals surface area contributed by atoms with Crippen molar-refractivity contribution >= 4 is 16.7 Å². The molecular weight excluding hydrogens is 336 g/mol. The van der Waals surface area contributed by atoms with E-state index in [0.717, 1.165) is 23.8 Å². The zero-order chi connectivity index (χ0) is 19.0. The third-order valence-electron chi connectivity index (χ3n) is 5.50. The Bertz CT molecular complexity index is 973. The van der Waals surface area contributed by atoms with Crippen molar-refractivity contribution in [2.75, 3.05) is 0 Å². The van der Waals surface area contributed by atoms with Crippen molar-refractivity contribution in [2.24, 2.45) is 11.3 Å². The molecule has 1 amide bonds. The fourth-order valence-electron chi connectivity index (χ4n) is 4.58. The molecule has 3 aromatic rings. The van der Waals surface area contributed by atoms with Crippen molar-refractivity contribution in [2.45, 2.75) is 46.1 Å². The summed E-state index contributed by atoms with van der Waals surface area (Å²) in [5, 5.41) is 9.47. The quantitative estimate of drug-likeness (QED) is 0.675. The molecule has 0 saturated heterocycles. The SMILES string of the molecule is C[C@@H]1C[C@@H](NC(=O)c2cc(-c3ccc4ccccc4c3)on2)CC(C)(C)C1. The van der Waals surface area contributed by atoms with Gasteiger partial charge in [0.2, 0.25) is 0 Å². The van der Waals surface area contributed by atoms with Crippen molar-refractivity contribution in [3.63, 3.8) is 0 Å². The lowest BCUT2D eigenvalue weighted by atomic mass is 9.70. The second-order valence-corrected chi connectivity index (χ2v) is 8.72. The fourth-order valence-corrected chi connectivity index (χ4v) is 4.58. The molecule has 1 aliphatic rings. The van der Waals surface area contributed by atoms with Gasteiger partial charge in [-0.15, -0.1) is 0 Å². The van der Waals surface area contributed by atoms with Crippen LogP contribution in [0, 0.1) is 11.3 Å². The zero-order valence-corrected chi connectivity index (χ0v) is 16.2. The highest BCUT2D eigenvalue weighted by molar-refractivity contribution is 5.94. The number of aromatic nitrogens is 1. The van der Waals surface area contributed by atoms with Crippen LogP contribution in [0.15, 0.2) is 53.1 Å². The summed E-state index contributed by atoms with van der Waals surface area (Å²) in [6.45, 7) is 6.81. The average Bonchev–Trinajstić information content (AvgIpc) is 3.10. The van der Waals surface area contributed by atoms with Gasteiger partial charge in [-0.05, 0) is 47.4 Å². The van der Waals surface area contributed by atoms with Crippen LogP contribution in [-0.4, -0.2) is 17.1 Å². The van der Waals surface area contributed by atoms with E-state index in [-0.39, 0.29) is 17.4 Å². The lowest BCUT2D eigenvalue weighted by Crippen LogP contribution is -2.43. The van der Waals surface area contributed by atoms with Crippen molar-refractivity contribution in [1.82, 2.24) is 10.5 Å². The van der Waals surface area contributed by atoms with Gasteiger partial charge in [0, 0.05) is 17.7 Å². The maximum Gasteiger partial charge on any atom is 0.273 e. The summed E-state index contributed by atoms with van der Waals surface area (Å²) >= 11 is 0. The molecule has 1 N–H and O–H groups in total. The molecule has 0 radical (unpaired) electrons. The number of carbonyl (C=O) groups is 1. The van der Waals surface area contributed by atoms with Crippen molar-refractivity contribution in [3.8, 4) is 11.3 Å². The van der Waals surface area contributed by atoms with Crippen LogP contribution in [-0.2, 0) is 0 Å². The first-order valence-corrected chi connectivity index (χ1v) is 9.66. The summed E-state index contributed by atoms with van der Waals surface area (Å²) < 4.78 is 5.46. The Hall–Kier alpha value is -2.62. The van der Waals surface area contributed by atoms with Crippen molar-refractivity contribution in [1.29, 1.82) is 0 Å². The predicted molar refractivity (Wildman–Crippen MR) is 107 cm³/mol. The van der Waals surface area contributed by atoms with E-state index in [4.69, 9.17) is 4.52 Å². The van der Waals surface area contributed by atoms with Gasteiger partial charge in [-0.25, -0.2) is 0 Å². The fraction of sp³-hybridized carbons (Fsp3) is 0.391. The number of rotatable bonds is 3. The minimum Gasteiger partial charge on any atom is -0.355 e. The molecule has 0 spiro atoms. The number of fused-ring (bicyclic) bond motifs is 1. The van der Waals surface area contributed by atoms with Gasteiger partial charge >= 0.3 is 0 Å². The van der Waals surface area contributed by atoms with Crippen LogP contribution >= 0.6 is 0 Å². The van der Waals surface area contributed by atoms with Gasteiger partial charge in [-0.3, -0.25) is 4.79 Å². The first-order valence-electron chi connectivity index (χ1n) is 9.66. The van der Waals surface area contributed by atoms with E-state index in [1.165, 1.54) is 11.8 Å². The summed E-state index contributed by atoms with van der Waals surface area (Å²) in [6, 6.07) is 16.2. The van der Waals surface area contributed by atoms with Gasteiger partial charge in [0.15, 0.2) is 11.5 Å². The van der Waals surface area contributed by atoms with Gasteiger partial charge in [-0.2, -0.15) is 0 Å². The van der Waals surface area contributed by atoms with Crippen LogP contribution in [0.5, 0.6) is 0 Å².